The van der Waals surface area contributed by atoms with Gasteiger partial charge in [-0.2, -0.15) is 5.10 Å². The Kier molecular flexibility index (Phi) is 2.49. The first-order chi connectivity index (χ1) is 8.33. The summed E-state index contributed by atoms with van der Waals surface area (Å²) in [6.45, 7) is 0. The highest BCUT2D eigenvalue weighted by atomic mass is 32.1. The smallest absolute Gasteiger partial charge is 0.240 e. The second-order valence-electron chi connectivity index (χ2n) is 3.73. The van der Waals surface area contributed by atoms with Crippen molar-refractivity contribution in [3.05, 3.63) is 35.0 Å². The number of hydrogen-bond donors (Lipinski definition) is 1. The number of aromatic nitrogens is 2. The number of hydrogen-bond acceptors (Lipinski definition) is 4. The SMILES string of the molecule is O=C1CCC(c2cc(-n3ccnc3)cs2)=NN1. The summed E-state index contributed by atoms with van der Waals surface area (Å²) in [5, 5.41) is 6.13. The molecule has 0 aliphatic carbocycles. The molecule has 0 aromatic carbocycles. The molecule has 0 saturated heterocycles. The van der Waals surface area contributed by atoms with E-state index in [0.29, 0.717) is 12.8 Å². The third-order valence-electron chi connectivity index (χ3n) is 2.58. The standard InChI is InChI=1S/C11H10N4OS/c16-11-2-1-9(13-14-11)10-5-8(6-17-10)15-4-3-12-7-15/h3-7H,1-2H2,(H,14,16). The Hall–Kier alpha value is -1.95. The lowest BCUT2D eigenvalue weighted by molar-refractivity contribution is -0.121. The van der Waals surface area contributed by atoms with E-state index >= 15 is 0 Å². The highest BCUT2D eigenvalue weighted by Crippen LogP contribution is 2.21. The summed E-state index contributed by atoms with van der Waals surface area (Å²) in [4.78, 5) is 16.1. The van der Waals surface area contributed by atoms with Gasteiger partial charge in [0, 0.05) is 30.6 Å². The molecule has 0 atom stereocenters. The van der Waals surface area contributed by atoms with Gasteiger partial charge in [0.2, 0.25) is 5.91 Å². The highest BCUT2D eigenvalue weighted by Gasteiger charge is 2.15. The number of imidazole rings is 1. The van der Waals surface area contributed by atoms with Crippen LogP contribution in [0.2, 0.25) is 0 Å². The molecule has 3 rings (SSSR count). The van der Waals surface area contributed by atoms with Gasteiger partial charge < -0.3 is 4.57 Å². The lowest BCUT2D eigenvalue weighted by Gasteiger charge is -2.09. The number of carbonyl (C=O) groups excluding carboxylic acids is 1. The molecule has 0 spiro atoms. The fourth-order valence-corrected chi connectivity index (χ4v) is 2.59. The van der Waals surface area contributed by atoms with Crippen molar-refractivity contribution >= 4 is 23.0 Å². The second-order valence-corrected chi connectivity index (χ2v) is 4.64. The van der Waals surface area contributed by atoms with Crippen LogP contribution in [0.3, 0.4) is 0 Å². The quantitative estimate of drug-likeness (QED) is 0.874. The van der Waals surface area contributed by atoms with Crippen LogP contribution in [0.1, 0.15) is 17.7 Å². The van der Waals surface area contributed by atoms with E-state index in [9.17, 15) is 4.79 Å². The van der Waals surface area contributed by atoms with Gasteiger partial charge in [-0.25, -0.2) is 10.4 Å². The van der Waals surface area contributed by atoms with E-state index in [4.69, 9.17) is 0 Å². The number of nitrogens with zero attached hydrogens (tertiary/aromatic N) is 3. The molecule has 3 heterocycles. The van der Waals surface area contributed by atoms with Gasteiger partial charge >= 0.3 is 0 Å². The van der Waals surface area contributed by atoms with Crippen LogP contribution in [0.25, 0.3) is 5.69 Å². The van der Waals surface area contributed by atoms with Gasteiger partial charge in [0.15, 0.2) is 0 Å². The Morgan fingerprint density at radius 1 is 1.41 bits per heavy atom. The Labute approximate surface area is 102 Å². The van der Waals surface area contributed by atoms with Crippen molar-refractivity contribution in [2.75, 3.05) is 0 Å². The average molecular weight is 246 g/mol. The molecule has 0 radical (unpaired) electrons. The maximum Gasteiger partial charge on any atom is 0.240 e. The summed E-state index contributed by atoms with van der Waals surface area (Å²) in [5.41, 5.74) is 4.53. The third kappa shape index (κ3) is 1.99. The number of hydrazone groups is 1. The van der Waals surface area contributed by atoms with Crippen LogP contribution in [-0.4, -0.2) is 21.2 Å². The lowest BCUT2D eigenvalue weighted by Crippen LogP contribution is -2.25. The Balaban J connectivity index is 1.88. The van der Waals surface area contributed by atoms with Crippen molar-refractivity contribution in [1.82, 2.24) is 15.0 Å². The molecule has 0 bridgehead atoms. The zero-order valence-corrected chi connectivity index (χ0v) is 9.78. The molecule has 1 amide bonds. The minimum absolute atomic E-state index is 0.0138. The summed E-state index contributed by atoms with van der Waals surface area (Å²) >= 11 is 1.62. The molecule has 0 saturated carbocycles. The average Bonchev–Trinajstić information content (AvgIpc) is 3.00. The van der Waals surface area contributed by atoms with E-state index in [1.807, 2.05) is 10.8 Å². The van der Waals surface area contributed by atoms with Crippen LogP contribution >= 0.6 is 11.3 Å². The predicted molar refractivity (Wildman–Crippen MR) is 65.4 cm³/mol. The van der Waals surface area contributed by atoms with Crippen LogP contribution < -0.4 is 5.43 Å². The Morgan fingerprint density at radius 2 is 2.35 bits per heavy atom. The zero-order valence-electron chi connectivity index (χ0n) is 8.96. The van der Waals surface area contributed by atoms with Gasteiger partial charge in [-0.05, 0) is 6.07 Å². The van der Waals surface area contributed by atoms with Crippen LogP contribution in [0.4, 0.5) is 0 Å². The first-order valence-electron chi connectivity index (χ1n) is 5.25. The summed E-state index contributed by atoms with van der Waals surface area (Å²) in [6.07, 6.45) is 6.62. The van der Waals surface area contributed by atoms with Crippen molar-refractivity contribution < 1.29 is 4.79 Å². The molecule has 5 nitrogen and oxygen atoms in total. The minimum atomic E-state index is -0.0138. The second kappa shape index (κ2) is 4.14. The summed E-state index contributed by atoms with van der Waals surface area (Å²) in [6, 6.07) is 2.06. The number of nitrogens with one attached hydrogen (secondary N) is 1. The number of amides is 1. The Morgan fingerprint density at radius 3 is 3.06 bits per heavy atom. The normalized spacial score (nSPS) is 15.5. The molecule has 1 aliphatic rings. The molecule has 1 aliphatic heterocycles. The van der Waals surface area contributed by atoms with Gasteiger partial charge in [0.05, 0.1) is 22.6 Å². The van der Waals surface area contributed by atoms with Crippen LogP contribution in [0, 0.1) is 0 Å². The molecule has 0 fully saturated rings. The zero-order chi connectivity index (χ0) is 11.7. The largest absolute Gasteiger partial charge is 0.305 e. The number of rotatable bonds is 2. The summed E-state index contributed by atoms with van der Waals surface area (Å²) in [5.74, 6) is -0.0138. The molecule has 2 aromatic heterocycles. The number of carbonyl (C=O) groups is 1. The lowest BCUT2D eigenvalue weighted by atomic mass is 10.1. The monoisotopic (exact) mass is 246 g/mol. The molecule has 1 N–H and O–H groups in total. The molecule has 6 heteroatoms. The maximum atomic E-state index is 11.0. The van der Waals surface area contributed by atoms with Crippen molar-refractivity contribution in [2.24, 2.45) is 5.10 Å². The van der Waals surface area contributed by atoms with Crippen LogP contribution in [0.5, 0.6) is 0 Å². The van der Waals surface area contributed by atoms with Gasteiger partial charge in [-0.15, -0.1) is 11.3 Å². The van der Waals surface area contributed by atoms with E-state index in [-0.39, 0.29) is 5.91 Å². The van der Waals surface area contributed by atoms with E-state index < -0.39 is 0 Å². The van der Waals surface area contributed by atoms with Crippen molar-refractivity contribution in [1.29, 1.82) is 0 Å². The molecule has 2 aromatic rings. The van der Waals surface area contributed by atoms with Crippen LogP contribution in [-0.2, 0) is 4.79 Å². The van der Waals surface area contributed by atoms with Gasteiger partial charge in [-0.3, -0.25) is 4.79 Å². The summed E-state index contributed by atoms with van der Waals surface area (Å²) < 4.78 is 1.95. The van der Waals surface area contributed by atoms with Crippen LogP contribution in [0.15, 0.2) is 35.3 Å². The first kappa shape index (κ1) is 10.2. The van der Waals surface area contributed by atoms with E-state index in [0.717, 1.165) is 16.3 Å². The van der Waals surface area contributed by atoms with Gasteiger partial charge in [0.1, 0.15) is 0 Å². The first-order valence-corrected chi connectivity index (χ1v) is 6.13. The predicted octanol–water partition coefficient (Wildman–Crippen LogP) is 1.55. The minimum Gasteiger partial charge on any atom is -0.305 e. The Bertz CT molecular complexity index is 570. The van der Waals surface area contributed by atoms with E-state index in [2.05, 4.69) is 27.0 Å². The van der Waals surface area contributed by atoms with Crippen molar-refractivity contribution in [3.8, 4) is 5.69 Å². The molecule has 0 unspecified atom stereocenters. The van der Waals surface area contributed by atoms with Gasteiger partial charge in [0.25, 0.3) is 0 Å². The number of thiophene rings is 1. The van der Waals surface area contributed by atoms with E-state index in [1.54, 1.807) is 23.9 Å². The fraction of sp³-hybridized carbons (Fsp3) is 0.182. The van der Waals surface area contributed by atoms with Gasteiger partial charge in [-0.1, -0.05) is 0 Å². The molecular weight excluding hydrogens is 236 g/mol. The van der Waals surface area contributed by atoms with Crippen molar-refractivity contribution in [2.45, 2.75) is 12.8 Å². The topological polar surface area (TPSA) is 59.3 Å². The maximum absolute atomic E-state index is 11.0. The third-order valence-corrected chi connectivity index (χ3v) is 3.54. The van der Waals surface area contributed by atoms with E-state index in [1.165, 1.54) is 0 Å². The molecule has 86 valence electrons. The highest BCUT2D eigenvalue weighted by molar-refractivity contribution is 7.12. The fourth-order valence-electron chi connectivity index (χ4n) is 1.68. The van der Waals surface area contributed by atoms with Crippen molar-refractivity contribution in [3.63, 3.8) is 0 Å². The molecular formula is C11H10N4OS. The summed E-state index contributed by atoms with van der Waals surface area (Å²) in [7, 11) is 0. The molecule has 17 heavy (non-hydrogen) atoms.